The lowest BCUT2D eigenvalue weighted by molar-refractivity contribution is -0.156. The highest BCUT2D eigenvalue weighted by Crippen LogP contribution is 2.40. The van der Waals surface area contributed by atoms with Crippen molar-refractivity contribution in [2.24, 2.45) is 11.8 Å². The molecule has 178 valence electrons. The molecule has 2 aromatic heterocycles. The van der Waals surface area contributed by atoms with Crippen LogP contribution in [-0.4, -0.2) is 38.7 Å². The third-order valence-electron chi connectivity index (χ3n) is 6.56. The van der Waals surface area contributed by atoms with Crippen LogP contribution in [0.4, 0.5) is 5.82 Å². The molecule has 0 aliphatic carbocycles. The third-order valence-corrected chi connectivity index (χ3v) is 6.56. The smallest absolute Gasteiger partial charge is 0.309 e. The molecule has 1 N–H and O–H groups in total. The fourth-order valence-corrected chi connectivity index (χ4v) is 4.28. The van der Waals surface area contributed by atoms with E-state index in [0.29, 0.717) is 37.0 Å². The van der Waals surface area contributed by atoms with Crippen LogP contribution in [0.5, 0.6) is 0 Å². The van der Waals surface area contributed by atoms with E-state index in [1.807, 2.05) is 39.8 Å². The summed E-state index contributed by atoms with van der Waals surface area (Å²) in [7, 11) is 0. The van der Waals surface area contributed by atoms with Crippen LogP contribution in [0.2, 0.25) is 0 Å². The number of esters is 1. The second-order valence-electron chi connectivity index (χ2n) is 8.54. The lowest BCUT2D eigenvalue weighted by Gasteiger charge is -2.23. The van der Waals surface area contributed by atoms with E-state index in [9.17, 15) is 14.9 Å². The summed E-state index contributed by atoms with van der Waals surface area (Å²) in [5.74, 6) is -0.162. The summed E-state index contributed by atoms with van der Waals surface area (Å²) in [6, 6.07) is 5.91. The number of hydrogen-bond acceptors (Lipinski definition) is 7. The molecular formula is C24H33N5O4. The van der Waals surface area contributed by atoms with Gasteiger partial charge in [0.15, 0.2) is 11.4 Å². The Balaban J connectivity index is 1.76. The normalized spacial score (nSPS) is 20.3. The number of aromatic nitrogens is 3. The number of nitrogens with one attached hydrogen (secondary N) is 1. The molecule has 1 aliphatic heterocycles. The zero-order chi connectivity index (χ0) is 24.0. The standard InChI is InChI=1S/C24H33N5O4/c1-5-16(6-2)22(30)28-21-19-10-9-18(29(19)27-15-26-21)20-11-12-24(13-25,33-20)14-32-23(31)17(7-3)8-4/h9-10,15-17,20H,5-8,11-12,14H2,1-4H3,(H,26,27,28,30)/t20-,24-/m1/s1. The SMILES string of the molecule is CCC(CC)C(=O)Nc1ncnn2c([C@H]3CC[C@@](C#N)(COC(=O)C(CC)CC)O3)ccc12. The molecule has 2 aromatic rings. The molecule has 3 rings (SSSR count). The topological polar surface area (TPSA) is 119 Å². The van der Waals surface area contributed by atoms with Crippen LogP contribution in [0.3, 0.4) is 0 Å². The number of carbonyl (C=O) groups is 2. The summed E-state index contributed by atoms with van der Waals surface area (Å²) in [6.07, 6.45) is 4.94. The lowest BCUT2D eigenvalue weighted by atomic mass is 10.0. The van der Waals surface area contributed by atoms with Gasteiger partial charge in [-0.05, 0) is 50.7 Å². The number of nitrogens with zero attached hydrogens (tertiary/aromatic N) is 4. The van der Waals surface area contributed by atoms with Gasteiger partial charge in [0.05, 0.1) is 11.6 Å². The first-order valence-corrected chi connectivity index (χ1v) is 11.8. The summed E-state index contributed by atoms with van der Waals surface area (Å²) in [6.45, 7) is 7.76. The summed E-state index contributed by atoms with van der Waals surface area (Å²) >= 11 is 0. The predicted octanol–water partition coefficient (Wildman–Crippen LogP) is 4.20. The molecule has 1 amide bonds. The van der Waals surface area contributed by atoms with Crippen LogP contribution >= 0.6 is 0 Å². The van der Waals surface area contributed by atoms with Crippen LogP contribution in [0.1, 0.15) is 78.0 Å². The number of anilines is 1. The second kappa shape index (κ2) is 10.8. The maximum Gasteiger partial charge on any atom is 0.309 e. The zero-order valence-corrected chi connectivity index (χ0v) is 19.8. The van der Waals surface area contributed by atoms with Crippen molar-refractivity contribution in [3.05, 3.63) is 24.2 Å². The van der Waals surface area contributed by atoms with E-state index in [-0.39, 0.29) is 30.3 Å². The molecule has 2 atom stereocenters. The molecular weight excluding hydrogens is 422 g/mol. The van der Waals surface area contributed by atoms with Crippen LogP contribution in [0, 0.1) is 23.2 Å². The molecule has 9 heteroatoms. The second-order valence-corrected chi connectivity index (χ2v) is 8.54. The predicted molar refractivity (Wildman–Crippen MR) is 122 cm³/mol. The summed E-state index contributed by atoms with van der Waals surface area (Å²) < 4.78 is 13.3. The van der Waals surface area contributed by atoms with E-state index >= 15 is 0 Å². The first-order chi connectivity index (χ1) is 15.9. The monoisotopic (exact) mass is 455 g/mol. The number of hydrogen-bond donors (Lipinski definition) is 1. The molecule has 0 saturated carbocycles. The van der Waals surface area contributed by atoms with Gasteiger partial charge in [-0.15, -0.1) is 0 Å². The highest BCUT2D eigenvalue weighted by atomic mass is 16.6. The molecule has 0 spiro atoms. The third kappa shape index (κ3) is 5.17. The molecule has 3 heterocycles. The summed E-state index contributed by atoms with van der Waals surface area (Å²) in [5, 5.41) is 17.1. The zero-order valence-electron chi connectivity index (χ0n) is 19.8. The minimum absolute atomic E-state index is 0.0664. The van der Waals surface area contributed by atoms with Gasteiger partial charge in [0.2, 0.25) is 5.91 Å². The van der Waals surface area contributed by atoms with Gasteiger partial charge >= 0.3 is 5.97 Å². The van der Waals surface area contributed by atoms with Crippen LogP contribution < -0.4 is 5.32 Å². The van der Waals surface area contributed by atoms with Crippen molar-refractivity contribution in [3.8, 4) is 6.07 Å². The van der Waals surface area contributed by atoms with E-state index in [4.69, 9.17) is 9.47 Å². The average molecular weight is 456 g/mol. The van der Waals surface area contributed by atoms with Crippen molar-refractivity contribution < 1.29 is 19.1 Å². The van der Waals surface area contributed by atoms with Crippen LogP contribution in [0.15, 0.2) is 18.5 Å². The fraction of sp³-hybridized carbons (Fsp3) is 0.625. The Labute approximate surface area is 194 Å². The van der Waals surface area contributed by atoms with Crippen molar-refractivity contribution in [2.75, 3.05) is 11.9 Å². The first kappa shape index (κ1) is 24.6. The number of rotatable bonds is 10. The van der Waals surface area contributed by atoms with Crippen molar-refractivity contribution in [2.45, 2.75) is 77.9 Å². The van der Waals surface area contributed by atoms with Gasteiger partial charge in [0.1, 0.15) is 30.6 Å². The Morgan fingerprint density at radius 3 is 2.58 bits per heavy atom. The molecule has 0 unspecified atom stereocenters. The number of nitriles is 1. The maximum atomic E-state index is 12.5. The van der Waals surface area contributed by atoms with Crippen molar-refractivity contribution >= 4 is 23.2 Å². The van der Waals surface area contributed by atoms with Gasteiger partial charge in [0, 0.05) is 5.92 Å². The minimum Gasteiger partial charge on any atom is -0.461 e. The molecule has 1 aliphatic rings. The molecule has 0 bridgehead atoms. The molecule has 1 saturated heterocycles. The number of carbonyl (C=O) groups excluding carboxylic acids is 2. The molecule has 0 aromatic carbocycles. The minimum atomic E-state index is -1.18. The van der Waals surface area contributed by atoms with Crippen molar-refractivity contribution in [1.82, 2.24) is 14.6 Å². The van der Waals surface area contributed by atoms with E-state index in [1.54, 1.807) is 4.52 Å². The Kier molecular flexibility index (Phi) is 8.03. The van der Waals surface area contributed by atoms with Crippen LogP contribution in [0.25, 0.3) is 5.52 Å². The van der Waals surface area contributed by atoms with Gasteiger partial charge in [0.25, 0.3) is 0 Å². The van der Waals surface area contributed by atoms with Crippen molar-refractivity contribution in [3.63, 3.8) is 0 Å². The average Bonchev–Trinajstić information content (AvgIpc) is 3.45. The highest BCUT2D eigenvalue weighted by molar-refractivity contribution is 5.95. The molecule has 1 fully saturated rings. The van der Waals surface area contributed by atoms with Gasteiger partial charge in [-0.2, -0.15) is 10.4 Å². The molecule has 0 radical (unpaired) electrons. The van der Waals surface area contributed by atoms with Crippen LogP contribution in [-0.2, 0) is 19.1 Å². The Bertz CT molecular complexity index is 1020. The van der Waals surface area contributed by atoms with E-state index in [2.05, 4.69) is 21.5 Å². The quantitative estimate of drug-likeness (QED) is 0.533. The number of ether oxygens (including phenoxy) is 2. The van der Waals surface area contributed by atoms with Gasteiger partial charge < -0.3 is 14.8 Å². The highest BCUT2D eigenvalue weighted by Gasteiger charge is 2.43. The van der Waals surface area contributed by atoms with E-state index < -0.39 is 11.7 Å². The number of fused-ring (bicyclic) bond motifs is 1. The van der Waals surface area contributed by atoms with Gasteiger partial charge in [-0.1, -0.05) is 27.7 Å². The molecule has 9 nitrogen and oxygen atoms in total. The Morgan fingerprint density at radius 2 is 1.94 bits per heavy atom. The fourth-order valence-electron chi connectivity index (χ4n) is 4.28. The summed E-state index contributed by atoms with van der Waals surface area (Å²) in [5.41, 5.74) is 0.231. The first-order valence-electron chi connectivity index (χ1n) is 11.8. The lowest BCUT2D eigenvalue weighted by Crippen LogP contribution is -2.34. The molecule has 33 heavy (non-hydrogen) atoms. The number of amides is 1. The van der Waals surface area contributed by atoms with Gasteiger partial charge in [-0.25, -0.2) is 9.50 Å². The van der Waals surface area contributed by atoms with Gasteiger partial charge in [-0.3, -0.25) is 9.59 Å². The van der Waals surface area contributed by atoms with E-state index in [1.165, 1.54) is 6.33 Å². The Hall–Kier alpha value is -2.99. The Morgan fingerprint density at radius 1 is 1.24 bits per heavy atom. The largest absolute Gasteiger partial charge is 0.461 e. The van der Waals surface area contributed by atoms with Crippen molar-refractivity contribution in [1.29, 1.82) is 5.26 Å². The van der Waals surface area contributed by atoms with E-state index in [0.717, 1.165) is 18.5 Å². The maximum absolute atomic E-state index is 12.5. The summed E-state index contributed by atoms with van der Waals surface area (Å²) in [4.78, 5) is 29.1.